The van der Waals surface area contributed by atoms with Gasteiger partial charge in [0.1, 0.15) is 0 Å². The van der Waals surface area contributed by atoms with Gasteiger partial charge in [-0.1, -0.05) is 22.9 Å². The predicted molar refractivity (Wildman–Crippen MR) is 75.1 cm³/mol. The molecule has 2 aromatic heterocycles. The van der Waals surface area contributed by atoms with E-state index in [9.17, 15) is 9.90 Å². The molecule has 0 spiro atoms. The summed E-state index contributed by atoms with van der Waals surface area (Å²) in [5.41, 5.74) is 0.691. The summed E-state index contributed by atoms with van der Waals surface area (Å²) in [6.45, 7) is 0.232. The standard InChI is InChI=1S/C11H13ClN4O3S/c1-16-5-6(3-14-16)7(17)4-13-11-15-9(12)8(20-11)10(18)19-2/h3,5,7,17H,4H2,1-2H3,(H,13,15). The monoisotopic (exact) mass is 316 g/mol. The molecule has 2 aromatic rings. The van der Waals surface area contributed by atoms with Gasteiger partial charge in [0.05, 0.1) is 19.4 Å². The smallest absolute Gasteiger partial charge is 0.351 e. The lowest BCUT2D eigenvalue weighted by atomic mass is 10.2. The Bertz CT molecular complexity index is 613. The van der Waals surface area contributed by atoms with E-state index in [4.69, 9.17) is 11.6 Å². The number of methoxy groups -OCH3 is 1. The average Bonchev–Trinajstić information content (AvgIpc) is 3.01. The predicted octanol–water partition coefficient (Wildman–Crippen LogP) is 1.46. The van der Waals surface area contributed by atoms with Gasteiger partial charge < -0.3 is 15.2 Å². The van der Waals surface area contributed by atoms with Crippen LogP contribution < -0.4 is 5.32 Å². The molecule has 0 saturated heterocycles. The zero-order chi connectivity index (χ0) is 14.7. The quantitative estimate of drug-likeness (QED) is 0.812. The van der Waals surface area contributed by atoms with Crippen molar-refractivity contribution >= 4 is 34.0 Å². The van der Waals surface area contributed by atoms with E-state index >= 15 is 0 Å². The summed E-state index contributed by atoms with van der Waals surface area (Å²) < 4.78 is 6.19. The zero-order valence-corrected chi connectivity index (χ0v) is 12.4. The Hall–Kier alpha value is -1.64. The van der Waals surface area contributed by atoms with Gasteiger partial charge in [-0.15, -0.1) is 0 Å². The van der Waals surface area contributed by atoms with Crippen LogP contribution >= 0.6 is 22.9 Å². The van der Waals surface area contributed by atoms with Crippen molar-refractivity contribution in [3.8, 4) is 0 Å². The van der Waals surface area contributed by atoms with Crippen LogP contribution in [0.2, 0.25) is 5.15 Å². The summed E-state index contributed by atoms with van der Waals surface area (Å²) in [5, 5.41) is 17.4. The molecular weight excluding hydrogens is 304 g/mol. The first-order chi connectivity index (χ1) is 9.51. The number of anilines is 1. The maximum absolute atomic E-state index is 11.4. The maximum atomic E-state index is 11.4. The molecule has 9 heteroatoms. The number of esters is 1. The molecule has 108 valence electrons. The van der Waals surface area contributed by atoms with Crippen LogP contribution in [-0.4, -0.2) is 39.5 Å². The van der Waals surface area contributed by atoms with E-state index in [2.05, 4.69) is 20.1 Å². The molecular formula is C11H13ClN4O3S. The molecule has 7 nitrogen and oxygen atoms in total. The van der Waals surface area contributed by atoms with Crippen LogP contribution in [0.1, 0.15) is 21.3 Å². The summed E-state index contributed by atoms with van der Waals surface area (Å²) in [5.74, 6) is -0.534. The number of carbonyl (C=O) groups excluding carboxylic acids is 1. The molecule has 2 heterocycles. The van der Waals surface area contributed by atoms with E-state index in [1.54, 1.807) is 24.1 Å². The third-order valence-electron chi connectivity index (χ3n) is 2.51. The Morgan fingerprint density at radius 2 is 2.45 bits per heavy atom. The average molecular weight is 317 g/mol. The number of aryl methyl sites for hydroxylation is 1. The highest BCUT2D eigenvalue weighted by Gasteiger charge is 2.18. The first-order valence-corrected chi connectivity index (χ1v) is 6.86. The minimum Gasteiger partial charge on any atom is -0.465 e. The number of carbonyl (C=O) groups is 1. The molecule has 0 aliphatic heterocycles. The molecule has 2 N–H and O–H groups in total. The van der Waals surface area contributed by atoms with Gasteiger partial charge in [0, 0.05) is 25.4 Å². The second-order valence-corrected chi connectivity index (χ2v) is 5.33. The second-order valence-electron chi connectivity index (χ2n) is 3.97. The number of aromatic nitrogens is 3. The number of ether oxygens (including phenoxy) is 1. The fourth-order valence-electron chi connectivity index (χ4n) is 1.51. The van der Waals surface area contributed by atoms with Crippen LogP contribution in [0.15, 0.2) is 12.4 Å². The van der Waals surface area contributed by atoms with Crippen LogP contribution in [0.3, 0.4) is 0 Å². The largest absolute Gasteiger partial charge is 0.465 e. The van der Waals surface area contributed by atoms with Crippen molar-refractivity contribution in [2.45, 2.75) is 6.10 Å². The summed E-state index contributed by atoms with van der Waals surface area (Å²) in [4.78, 5) is 15.6. The minimum absolute atomic E-state index is 0.0835. The lowest BCUT2D eigenvalue weighted by Gasteiger charge is -2.08. The van der Waals surface area contributed by atoms with Gasteiger partial charge in [0.2, 0.25) is 0 Å². The molecule has 1 unspecified atom stereocenters. The molecule has 0 radical (unpaired) electrons. The minimum atomic E-state index is -0.729. The normalized spacial score (nSPS) is 12.2. The van der Waals surface area contributed by atoms with E-state index in [-0.39, 0.29) is 16.6 Å². The van der Waals surface area contributed by atoms with E-state index in [1.807, 2.05) is 0 Å². The first kappa shape index (κ1) is 14.8. The Morgan fingerprint density at radius 1 is 1.70 bits per heavy atom. The highest BCUT2D eigenvalue weighted by Crippen LogP contribution is 2.27. The van der Waals surface area contributed by atoms with Gasteiger partial charge in [-0.25, -0.2) is 9.78 Å². The van der Waals surface area contributed by atoms with Crippen LogP contribution in [0, 0.1) is 0 Å². The Kier molecular flexibility index (Phi) is 4.58. The molecule has 0 bridgehead atoms. The van der Waals surface area contributed by atoms with Crippen molar-refractivity contribution in [1.82, 2.24) is 14.8 Å². The number of aliphatic hydroxyl groups is 1. The number of rotatable bonds is 5. The van der Waals surface area contributed by atoms with E-state index in [1.165, 1.54) is 7.11 Å². The number of nitrogens with one attached hydrogen (secondary N) is 1. The molecule has 2 rings (SSSR count). The Morgan fingerprint density at radius 3 is 3.05 bits per heavy atom. The lowest BCUT2D eigenvalue weighted by molar-refractivity contribution is 0.0606. The topological polar surface area (TPSA) is 89.3 Å². The van der Waals surface area contributed by atoms with E-state index < -0.39 is 12.1 Å². The second kappa shape index (κ2) is 6.21. The fraction of sp³-hybridized carbons (Fsp3) is 0.364. The summed E-state index contributed by atoms with van der Waals surface area (Å²) >= 11 is 6.91. The number of halogens is 1. The maximum Gasteiger partial charge on any atom is 0.351 e. The third-order valence-corrected chi connectivity index (χ3v) is 3.89. The SMILES string of the molecule is COC(=O)c1sc(NCC(O)c2cnn(C)c2)nc1Cl. The molecule has 0 saturated carbocycles. The van der Waals surface area contributed by atoms with Gasteiger partial charge >= 0.3 is 5.97 Å². The Balaban J connectivity index is 1.99. The first-order valence-electron chi connectivity index (χ1n) is 5.66. The number of hydrogen-bond acceptors (Lipinski definition) is 7. The number of thiazole rings is 1. The van der Waals surface area contributed by atoms with Gasteiger partial charge in [-0.3, -0.25) is 4.68 Å². The number of aliphatic hydroxyl groups excluding tert-OH is 1. The summed E-state index contributed by atoms with van der Waals surface area (Å²) in [6.07, 6.45) is 2.58. The van der Waals surface area contributed by atoms with Crippen molar-refractivity contribution in [2.75, 3.05) is 19.0 Å². The highest BCUT2D eigenvalue weighted by molar-refractivity contribution is 7.18. The van der Waals surface area contributed by atoms with Crippen molar-refractivity contribution in [3.63, 3.8) is 0 Å². The van der Waals surface area contributed by atoms with Crippen LogP contribution in [0.4, 0.5) is 5.13 Å². The molecule has 0 aliphatic carbocycles. The molecule has 0 aromatic carbocycles. The highest BCUT2D eigenvalue weighted by atomic mass is 35.5. The van der Waals surface area contributed by atoms with Gasteiger partial charge in [-0.05, 0) is 0 Å². The van der Waals surface area contributed by atoms with E-state index in [0.717, 1.165) is 11.3 Å². The van der Waals surface area contributed by atoms with Gasteiger partial charge in [-0.2, -0.15) is 5.10 Å². The van der Waals surface area contributed by atoms with Gasteiger partial charge in [0.15, 0.2) is 15.2 Å². The third kappa shape index (κ3) is 3.27. The van der Waals surface area contributed by atoms with E-state index in [0.29, 0.717) is 10.7 Å². The van der Waals surface area contributed by atoms with Gasteiger partial charge in [0.25, 0.3) is 0 Å². The molecule has 0 fully saturated rings. The molecule has 1 atom stereocenters. The van der Waals surface area contributed by atoms with Crippen LogP contribution in [0.5, 0.6) is 0 Å². The lowest BCUT2D eigenvalue weighted by Crippen LogP contribution is -2.11. The summed E-state index contributed by atoms with van der Waals surface area (Å²) in [6, 6.07) is 0. The number of hydrogen-bond donors (Lipinski definition) is 2. The number of nitrogens with zero attached hydrogens (tertiary/aromatic N) is 3. The van der Waals surface area contributed by atoms with Crippen LogP contribution in [-0.2, 0) is 11.8 Å². The zero-order valence-electron chi connectivity index (χ0n) is 10.8. The molecule has 20 heavy (non-hydrogen) atoms. The van der Waals surface area contributed by atoms with Crippen molar-refractivity contribution < 1.29 is 14.6 Å². The fourth-order valence-corrected chi connectivity index (χ4v) is 2.62. The summed E-state index contributed by atoms with van der Waals surface area (Å²) in [7, 11) is 3.05. The van der Waals surface area contributed by atoms with Crippen LogP contribution in [0.25, 0.3) is 0 Å². The van der Waals surface area contributed by atoms with Crippen molar-refractivity contribution in [3.05, 3.63) is 28.0 Å². The Labute approximate surface area is 124 Å². The molecule has 0 aliphatic rings. The van der Waals surface area contributed by atoms with Crippen molar-refractivity contribution in [1.29, 1.82) is 0 Å². The van der Waals surface area contributed by atoms with Crippen molar-refractivity contribution in [2.24, 2.45) is 7.05 Å². The molecule has 0 amide bonds.